The summed E-state index contributed by atoms with van der Waals surface area (Å²) in [5.41, 5.74) is 4.04. The first-order chi connectivity index (χ1) is 32.5. The number of nitrogens with two attached hydrogens (primary N) is 1. The maximum absolute atomic E-state index is 13.9. The zero-order valence-corrected chi connectivity index (χ0v) is 38.8. The van der Waals surface area contributed by atoms with Crippen molar-refractivity contribution in [1.29, 1.82) is 0 Å². The molecule has 3 aliphatic rings. The molecule has 3 aliphatic heterocycles. The summed E-state index contributed by atoms with van der Waals surface area (Å²) in [4.78, 5) is 108. The Labute approximate surface area is 394 Å². The van der Waals surface area contributed by atoms with Crippen molar-refractivity contribution in [3.63, 3.8) is 0 Å². The van der Waals surface area contributed by atoms with Gasteiger partial charge in [-0.3, -0.25) is 38.5 Å². The molecule has 16 N–H and O–H groups in total. The van der Waals surface area contributed by atoms with Crippen molar-refractivity contribution in [2.24, 2.45) is 22.6 Å². The Balaban J connectivity index is 1.52. The van der Waals surface area contributed by atoms with Crippen molar-refractivity contribution in [3.05, 3.63) is 33.1 Å². The number of aliphatic hydroxyl groups is 4. The Hall–Kier alpha value is -5.79. The van der Waals surface area contributed by atoms with E-state index in [1.807, 2.05) is 4.98 Å². The minimum absolute atomic E-state index is 0.0412. The Morgan fingerprint density at radius 1 is 0.899 bits per heavy atom. The van der Waals surface area contributed by atoms with Crippen LogP contribution in [0.25, 0.3) is 0 Å². The second-order valence-corrected chi connectivity index (χ2v) is 17.4. The summed E-state index contributed by atoms with van der Waals surface area (Å²) in [6.07, 6.45) is -14.9. The van der Waals surface area contributed by atoms with Crippen molar-refractivity contribution in [3.8, 4) is 0 Å². The zero-order chi connectivity index (χ0) is 51.4. The molecular weight excluding hydrogens is 922 g/mol. The second-order valence-electron chi connectivity index (χ2n) is 17.4. The number of hydrogen-bond acceptors (Lipinski definition) is 20. The van der Waals surface area contributed by atoms with Gasteiger partial charge in [0.15, 0.2) is 18.5 Å². The Morgan fingerprint density at radius 2 is 1.58 bits per heavy atom. The smallest absolute Gasteiger partial charge is 0.330 e. The highest BCUT2D eigenvalue weighted by Gasteiger charge is 2.54. The number of amides is 5. The fraction of sp³-hybridized carbons (Fsp3) is 0.725. The maximum atomic E-state index is 13.9. The number of carboxylic acids is 2. The van der Waals surface area contributed by atoms with Crippen LogP contribution in [-0.2, 0) is 42.9 Å². The van der Waals surface area contributed by atoms with Gasteiger partial charge in [-0.25, -0.2) is 14.4 Å². The molecule has 0 aliphatic carbocycles. The number of carbonyl (C=O) groups excluding carboxylic acids is 4. The number of nitrogens with zero attached hydrogens (tertiary/aromatic N) is 2. The predicted octanol–water partition coefficient (Wildman–Crippen LogP) is -6.72. The molecule has 1 aromatic rings. The highest BCUT2D eigenvalue weighted by Crippen LogP contribution is 2.35. The van der Waals surface area contributed by atoms with Crippen LogP contribution in [0.1, 0.15) is 53.7 Å². The van der Waals surface area contributed by atoms with Crippen molar-refractivity contribution < 1.29 is 78.4 Å². The largest absolute Gasteiger partial charge is 0.480 e. The fourth-order valence-corrected chi connectivity index (χ4v) is 7.80. The summed E-state index contributed by atoms with van der Waals surface area (Å²) in [7, 11) is 1.20. The van der Waals surface area contributed by atoms with E-state index in [4.69, 9.17) is 24.7 Å². The number of methoxy groups -OCH3 is 1. The quantitative estimate of drug-likeness (QED) is 0.0428. The number of aromatic nitrogens is 2. The van der Waals surface area contributed by atoms with Gasteiger partial charge in [0, 0.05) is 45.9 Å². The van der Waals surface area contributed by atoms with Crippen LogP contribution < -0.4 is 54.2 Å². The molecule has 15 atom stereocenters. The number of carboxylic acid groups (broad SMARTS) is 2. The van der Waals surface area contributed by atoms with Crippen LogP contribution in [0, 0.1) is 11.8 Å². The molecule has 388 valence electrons. The van der Waals surface area contributed by atoms with E-state index in [0.29, 0.717) is 0 Å². The lowest BCUT2D eigenvalue weighted by Gasteiger charge is -2.34. The van der Waals surface area contributed by atoms with Crippen LogP contribution in [0.2, 0.25) is 0 Å². The summed E-state index contributed by atoms with van der Waals surface area (Å²) in [5, 5.41) is 82.4. The predicted molar refractivity (Wildman–Crippen MR) is 236 cm³/mol. The fourth-order valence-electron chi connectivity index (χ4n) is 7.80. The number of guanidine groups is 1. The van der Waals surface area contributed by atoms with Crippen LogP contribution >= 0.6 is 0 Å². The third kappa shape index (κ3) is 14.6. The number of hydrogen-bond donors (Lipinski definition) is 15. The highest BCUT2D eigenvalue weighted by atomic mass is 16.7. The molecule has 0 aromatic carbocycles. The molecule has 0 bridgehead atoms. The average molecular weight is 988 g/mol. The molecular formula is C40H65N11O18. The van der Waals surface area contributed by atoms with E-state index in [9.17, 15) is 69.0 Å². The number of urea groups is 1. The first kappa shape index (κ1) is 55.8. The Morgan fingerprint density at radius 3 is 2.16 bits per heavy atom. The Bertz CT molecular complexity index is 2110. The topological polar surface area (TPSA) is 438 Å². The summed E-state index contributed by atoms with van der Waals surface area (Å²) < 4.78 is 24.0. The summed E-state index contributed by atoms with van der Waals surface area (Å²) in [5.74, 6) is -6.39. The van der Waals surface area contributed by atoms with E-state index >= 15 is 0 Å². The maximum Gasteiger partial charge on any atom is 0.330 e. The molecule has 7 unspecified atom stereocenters. The second kappa shape index (κ2) is 25.2. The lowest BCUT2D eigenvalue weighted by molar-refractivity contribution is -0.231. The zero-order valence-electron chi connectivity index (χ0n) is 38.8. The van der Waals surface area contributed by atoms with Gasteiger partial charge >= 0.3 is 23.7 Å². The molecule has 1 aromatic heterocycles. The van der Waals surface area contributed by atoms with Crippen LogP contribution in [-0.4, -0.2) is 200 Å². The molecule has 0 spiro atoms. The van der Waals surface area contributed by atoms with Gasteiger partial charge in [-0.15, -0.1) is 0 Å². The molecule has 29 heteroatoms. The Kier molecular flexibility index (Phi) is 20.4. The molecule has 2 fully saturated rings. The first-order valence-electron chi connectivity index (χ1n) is 22.1. The summed E-state index contributed by atoms with van der Waals surface area (Å²) in [6, 6.07) is -7.22. The monoisotopic (exact) mass is 987 g/mol. The number of aromatic amines is 1. The van der Waals surface area contributed by atoms with Crippen molar-refractivity contribution in [2.45, 2.75) is 139 Å². The molecule has 0 saturated carbocycles. The van der Waals surface area contributed by atoms with Crippen molar-refractivity contribution in [2.75, 3.05) is 33.3 Å². The summed E-state index contributed by atoms with van der Waals surface area (Å²) in [6.45, 7) is 7.02. The van der Waals surface area contributed by atoms with E-state index in [-0.39, 0.29) is 45.0 Å². The summed E-state index contributed by atoms with van der Waals surface area (Å²) >= 11 is 0. The molecule has 2 saturated heterocycles. The number of nitrogens with one attached hydrogen (secondary N) is 8. The van der Waals surface area contributed by atoms with Gasteiger partial charge in [-0.1, -0.05) is 27.7 Å². The third-order valence-corrected chi connectivity index (χ3v) is 11.6. The molecule has 0 radical (unpaired) electrons. The van der Waals surface area contributed by atoms with Crippen LogP contribution in [0.5, 0.6) is 0 Å². The third-order valence-electron chi connectivity index (χ3n) is 11.6. The number of aliphatic carboxylic acids is 2. The molecule has 5 amide bonds. The van der Waals surface area contributed by atoms with E-state index < -0.39 is 150 Å². The van der Waals surface area contributed by atoms with Crippen LogP contribution in [0.3, 0.4) is 0 Å². The molecule has 4 heterocycles. The first-order valence-corrected chi connectivity index (χ1v) is 22.1. The number of H-pyrrole nitrogens is 1. The van der Waals surface area contributed by atoms with E-state index in [1.54, 1.807) is 27.7 Å². The number of aliphatic imine (C=N–C) groups is 1. The van der Waals surface area contributed by atoms with Crippen LogP contribution in [0.4, 0.5) is 4.79 Å². The lowest BCUT2D eigenvalue weighted by Crippen LogP contribution is -2.66. The lowest BCUT2D eigenvalue weighted by atomic mass is 9.97. The van der Waals surface area contributed by atoms with Crippen molar-refractivity contribution >= 4 is 41.7 Å². The van der Waals surface area contributed by atoms with E-state index in [0.717, 1.165) is 16.8 Å². The molecule has 29 nitrogen and oxygen atoms in total. The minimum atomic E-state index is -1.95. The van der Waals surface area contributed by atoms with Gasteiger partial charge in [0.25, 0.3) is 5.56 Å². The van der Waals surface area contributed by atoms with Gasteiger partial charge in [0.2, 0.25) is 17.7 Å². The van der Waals surface area contributed by atoms with Gasteiger partial charge in [0.05, 0.1) is 12.1 Å². The number of rotatable bonds is 24. The number of ether oxygens (including phenoxy) is 4. The minimum Gasteiger partial charge on any atom is -0.480 e. The molecule has 69 heavy (non-hydrogen) atoms. The van der Waals surface area contributed by atoms with E-state index in [1.165, 1.54) is 14.0 Å². The van der Waals surface area contributed by atoms with Gasteiger partial charge < -0.3 is 92.5 Å². The number of carbonyl (C=O) groups is 6. The van der Waals surface area contributed by atoms with Crippen LogP contribution in [0.15, 0.2) is 26.8 Å². The highest BCUT2D eigenvalue weighted by molar-refractivity contribution is 5.94. The standard InChI is InChI=1S/C40H65N11O18/c1-15(2)21(35(60)61)49-39(64)50-22(18-8-12-44-38(41)46-18)33(59)48-23(25(54)16(3)4)32(58)43-11-7-10-42-24(36(62)63)29(69-37-31(66-6)26(55)19(67-37)14-45-17(5)52)30-27(56)28(57)34(68-30)51-13-9-20(53)47-40(51)65/h9,13,15-16,18-19,21-31,34,37,42,54-57H,7-8,10-12,14H2,1-6H3,(H,43,58)(H,45,52)(H,48,59)(H,60,61)(H,62,63)(H3,41,44,46)(H,47,53,65)(H2,49,50,64)/t18?,19-,21?,22?,23?,24?,25?,26+,27+,28-,29-,30+,31-,34-,37?/m1/s1. The average Bonchev–Trinajstić information content (AvgIpc) is 3.74. The van der Waals surface area contributed by atoms with Gasteiger partial charge in [0.1, 0.15) is 66.9 Å². The SMILES string of the molecule is CO[C@H]1C(O[C@H](C(NCCCNC(=O)C(NC(=O)C(NC(=O)NC(C(=O)O)C(C)C)C2CCN=C(N)N2)C(O)C(C)C)C(=O)O)[C@H]2O[C@@H](n3ccc(=O)[nH]c3=O)[C@H](O)[C@@H]2O)O[C@H](CNC(C)=O)[C@@H]1O. The van der Waals surface area contributed by atoms with E-state index in [2.05, 4.69) is 42.2 Å². The van der Waals surface area contributed by atoms with Crippen molar-refractivity contribution in [1.82, 2.24) is 46.8 Å². The van der Waals surface area contributed by atoms with Gasteiger partial charge in [-0.2, -0.15) is 0 Å². The molecule has 4 rings (SSSR count). The van der Waals surface area contributed by atoms with Gasteiger partial charge in [-0.05, 0) is 31.2 Å². The number of aliphatic hydroxyl groups excluding tert-OH is 4. The normalized spacial score (nSPS) is 27.2.